The molecule has 0 aliphatic heterocycles. The Morgan fingerprint density at radius 2 is 1.87 bits per heavy atom. The number of imidazole rings is 1. The summed E-state index contributed by atoms with van der Waals surface area (Å²) >= 11 is 22.1. The molecule has 3 aromatic rings. The van der Waals surface area contributed by atoms with Crippen molar-refractivity contribution in [2.45, 2.75) is 13.3 Å². The number of benzene rings is 2. The predicted molar refractivity (Wildman–Crippen MR) is 101 cm³/mol. The SMILES string of the molecule is Cc1[nH]c(Cc2c(Cl)cccc2Br)nc1-c1ccc(Cl)cc1Cl. The second-order valence-electron chi connectivity index (χ2n) is 5.16. The van der Waals surface area contributed by atoms with Crippen LogP contribution in [0.5, 0.6) is 0 Å². The fourth-order valence-electron chi connectivity index (χ4n) is 2.42. The van der Waals surface area contributed by atoms with Gasteiger partial charge in [0.25, 0.3) is 0 Å². The Balaban J connectivity index is 1.98. The summed E-state index contributed by atoms with van der Waals surface area (Å²) < 4.78 is 0.963. The molecule has 3 rings (SSSR count). The summed E-state index contributed by atoms with van der Waals surface area (Å²) in [5.41, 5.74) is 3.63. The van der Waals surface area contributed by atoms with Crippen LogP contribution in [0.25, 0.3) is 11.3 Å². The van der Waals surface area contributed by atoms with Crippen molar-refractivity contribution in [1.82, 2.24) is 9.97 Å². The van der Waals surface area contributed by atoms with Crippen molar-refractivity contribution < 1.29 is 0 Å². The molecule has 1 N–H and O–H groups in total. The summed E-state index contributed by atoms with van der Waals surface area (Å²) in [6.07, 6.45) is 0.603. The van der Waals surface area contributed by atoms with Gasteiger partial charge >= 0.3 is 0 Å². The fourth-order valence-corrected chi connectivity index (χ4v) is 3.78. The highest BCUT2D eigenvalue weighted by atomic mass is 79.9. The summed E-state index contributed by atoms with van der Waals surface area (Å²) in [4.78, 5) is 7.99. The van der Waals surface area contributed by atoms with E-state index in [1.165, 1.54) is 0 Å². The first-order chi connectivity index (χ1) is 11.0. The molecule has 0 atom stereocenters. The van der Waals surface area contributed by atoms with E-state index < -0.39 is 0 Å². The molecular weight excluding hydrogens is 418 g/mol. The Bertz CT molecular complexity index is 854. The molecule has 2 nitrogen and oxygen atoms in total. The minimum Gasteiger partial charge on any atom is -0.345 e. The van der Waals surface area contributed by atoms with Crippen LogP contribution in [0.3, 0.4) is 0 Å². The van der Waals surface area contributed by atoms with Crippen LogP contribution in [0.4, 0.5) is 0 Å². The Labute approximate surface area is 157 Å². The largest absolute Gasteiger partial charge is 0.345 e. The number of aromatic amines is 1. The quantitative estimate of drug-likeness (QED) is 0.492. The minimum absolute atomic E-state index is 0.581. The summed E-state index contributed by atoms with van der Waals surface area (Å²) in [7, 11) is 0. The molecule has 0 amide bonds. The number of aromatic nitrogens is 2. The highest BCUT2D eigenvalue weighted by Gasteiger charge is 2.14. The van der Waals surface area contributed by atoms with E-state index in [4.69, 9.17) is 34.8 Å². The van der Waals surface area contributed by atoms with E-state index in [0.29, 0.717) is 21.5 Å². The van der Waals surface area contributed by atoms with Crippen LogP contribution in [0, 0.1) is 6.92 Å². The number of nitrogens with zero attached hydrogens (tertiary/aromatic N) is 1. The number of H-pyrrole nitrogens is 1. The van der Waals surface area contributed by atoms with Crippen molar-refractivity contribution in [2.24, 2.45) is 0 Å². The molecule has 1 heterocycles. The topological polar surface area (TPSA) is 28.7 Å². The van der Waals surface area contributed by atoms with Crippen LogP contribution in [0.2, 0.25) is 15.1 Å². The van der Waals surface area contributed by atoms with Gasteiger partial charge in [-0.3, -0.25) is 0 Å². The maximum atomic E-state index is 6.29. The predicted octanol–water partition coefficient (Wildman–Crippen LogP) is 6.70. The molecule has 118 valence electrons. The van der Waals surface area contributed by atoms with Crippen LogP contribution < -0.4 is 0 Å². The first kappa shape index (κ1) is 16.8. The molecule has 0 aliphatic carbocycles. The molecule has 0 bridgehead atoms. The molecule has 1 aromatic heterocycles. The van der Waals surface area contributed by atoms with E-state index in [1.54, 1.807) is 12.1 Å². The zero-order chi connectivity index (χ0) is 16.6. The van der Waals surface area contributed by atoms with E-state index in [0.717, 1.165) is 32.8 Å². The van der Waals surface area contributed by atoms with Crippen molar-refractivity contribution in [3.05, 3.63) is 73.0 Å². The third-order valence-corrected chi connectivity index (χ3v) is 5.17. The van der Waals surface area contributed by atoms with Crippen molar-refractivity contribution in [3.63, 3.8) is 0 Å². The van der Waals surface area contributed by atoms with Crippen LogP contribution in [-0.2, 0) is 6.42 Å². The van der Waals surface area contributed by atoms with Gasteiger partial charge in [0.2, 0.25) is 0 Å². The zero-order valence-electron chi connectivity index (χ0n) is 12.1. The van der Waals surface area contributed by atoms with Crippen LogP contribution in [-0.4, -0.2) is 9.97 Å². The number of rotatable bonds is 3. The molecule has 23 heavy (non-hydrogen) atoms. The molecule has 0 saturated heterocycles. The maximum Gasteiger partial charge on any atom is 0.111 e. The fraction of sp³-hybridized carbons (Fsp3) is 0.118. The standard InChI is InChI=1S/C17H12BrCl3N2/c1-9-17(11-6-5-10(19)7-15(11)21)23-16(22-9)8-12-13(18)3-2-4-14(12)20/h2-7H,8H2,1H3,(H,22,23). The number of halogens is 4. The van der Waals surface area contributed by atoms with Crippen LogP contribution >= 0.6 is 50.7 Å². The van der Waals surface area contributed by atoms with Crippen LogP contribution in [0.1, 0.15) is 17.1 Å². The third-order valence-electron chi connectivity index (χ3n) is 3.53. The lowest BCUT2D eigenvalue weighted by atomic mass is 10.1. The van der Waals surface area contributed by atoms with E-state index >= 15 is 0 Å². The average Bonchev–Trinajstić information content (AvgIpc) is 2.84. The maximum absolute atomic E-state index is 6.29. The molecule has 0 spiro atoms. The second kappa shape index (κ2) is 6.86. The van der Waals surface area contributed by atoms with Crippen molar-refractivity contribution in [1.29, 1.82) is 0 Å². The molecule has 0 saturated carbocycles. The van der Waals surface area contributed by atoms with Crippen LogP contribution in [0.15, 0.2) is 40.9 Å². The molecule has 6 heteroatoms. The first-order valence-corrected chi connectivity index (χ1v) is 8.82. The molecule has 0 fully saturated rings. The van der Waals surface area contributed by atoms with Gasteiger partial charge in [-0.25, -0.2) is 4.98 Å². The van der Waals surface area contributed by atoms with E-state index in [9.17, 15) is 0 Å². The van der Waals surface area contributed by atoms with Gasteiger partial charge in [-0.2, -0.15) is 0 Å². The highest BCUT2D eigenvalue weighted by Crippen LogP contribution is 2.32. The molecule has 2 aromatic carbocycles. The number of hydrogen-bond donors (Lipinski definition) is 1. The third kappa shape index (κ3) is 3.58. The first-order valence-electron chi connectivity index (χ1n) is 6.89. The summed E-state index contributed by atoms with van der Waals surface area (Å²) in [6, 6.07) is 11.1. The average molecular weight is 431 g/mol. The summed E-state index contributed by atoms with van der Waals surface area (Å²) in [5.74, 6) is 0.831. The van der Waals surface area contributed by atoms with Gasteiger partial charge in [0.05, 0.1) is 10.7 Å². The monoisotopic (exact) mass is 428 g/mol. The Hall–Kier alpha value is -1.000. The van der Waals surface area contributed by atoms with E-state index in [1.807, 2.05) is 31.2 Å². The second-order valence-corrected chi connectivity index (χ2v) is 7.26. The molecule has 0 aliphatic rings. The normalized spacial score (nSPS) is 11.0. The lowest BCUT2D eigenvalue weighted by Gasteiger charge is -2.05. The Morgan fingerprint density at radius 1 is 1.09 bits per heavy atom. The van der Waals surface area contributed by atoms with E-state index in [2.05, 4.69) is 25.9 Å². The lowest BCUT2D eigenvalue weighted by molar-refractivity contribution is 1.01. The summed E-state index contributed by atoms with van der Waals surface area (Å²) in [6.45, 7) is 1.97. The smallest absolute Gasteiger partial charge is 0.111 e. The molecule has 0 radical (unpaired) electrons. The van der Waals surface area contributed by atoms with Crippen molar-refractivity contribution in [2.75, 3.05) is 0 Å². The highest BCUT2D eigenvalue weighted by molar-refractivity contribution is 9.10. The van der Waals surface area contributed by atoms with Gasteiger partial charge in [-0.05, 0) is 42.8 Å². The van der Waals surface area contributed by atoms with Gasteiger partial charge < -0.3 is 4.98 Å². The van der Waals surface area contributed by atoms with Gasteiger partial charge in [-0.1, -0.05) is 56.8 Å². The van der Waals surface area contributed by atoms with Gasteiger partial charge in [0.15, 0.2) is 0 Å². The number of nitrogens with one attached hydrogen (secondary N) is 1. The van der Waals surface area contributed by atoms with E-state index in [-0.39, 0.29) is 0 Å². The molecule has 0 unspecified atom stereocenters. The van der Waals surface area contributed by atoms with Gasteiger partial charge in [-0.15, -0.1) is 0 Å². The Kier molecular flexibility index (Phi) is 5.02. The van der Waals surface area contributed by atoms with Gasteiger partial charge in [0.1, 0.15) is 5.82 Å². The Morgan fingerprint density at radius 3 is 2.57 bits per heavy atom. The number of aryl methyl sites for hydroxylation is 1. The summed E-state index contributed by atoms with van der Waals surface area (Å²) in [5, 5.41) is 1.89. The van der Waals surface area contributed by atoms with Crippen molar-refractivity contribution in [3.8, 4) is 11.3 Å². The molecular formula is C17H12BrCl3N2. The zero-order valence-corrected chi connectivity index (χ0v) is 16.0. The number of hydrogen-bond acceptors (Lipinski definition) is 1. The van der Waals surface area contributed by atoms with Gasteiger partial charge in [0, 0.05) is 32.2 Å². The van der Waals surface area contributed by atoms with Crippen molar-refractivity contribution >= 4 is 50.7 Å². The minimum atomic E-state index is 0.581. The lowest BCUT2D eigenvalue weighted by Crippen LogP contribution is -1.93.